The molecule has 9 heteroatoms. The van der Waals surface area contributed by atoms with Gasteiger partial charge in [-0.3, -0.25) is 29.4 Å². The van der Waals surface area contributed by atoms with Crippen LogP contribution in [0.25, 0.3) is 0 Å². The average Bonchev–Trinajstić information content (AvgIpc) is 2.94. The van der Waals surface area contributed by atoms with E-state index in [1.54, 1.807) is 18.2 Å². The molecule has 1 atom stereocenters. The molecule has 4 N–H and O–H groups in total. The van der Waals surface area contributed by atoms with Gasteiger partial charge in [0.05, 0.1) is 16.7 Å². The Morgan fingerprint density at radius 1 is 1.14 bits per heavy atom. The predicted octanol–water partition coefficient (Wildman–Crippen LogP) is -0.708. The van der Waals surface area contributed by atoms with E-state index in [-0.39, 0.29) is 24.0 Å². The lowest BCUT2D eigenvalue weighted by Gasteiger charge is -2.32. The maximum absolute atomic E-state index is 13.0. The smallest absolute Gasteiger partial charge is 0.262 e. The Hall–Kier alpha value is -2.62. The number of aliphatic hydroxyl groups is 1. The van der Waals surface area contributed by atoms with E-state index in [9.17, 15) is 24.3 Å². The number of carbonyl (C=O) groups excluding carboxylic acids is 4. The van der Waals surface area contributed by atoms with Crippen molar-refractivity contribution in [3.05, 3.63) is 34.9 Å². The molecule has 3 aliphatic heterocycles. The highest BCUT2D eigenvalue weighted by atomic mass is 16.3. The van der Waals surface area contributed by atoms with Gasteiger partial charge in [0.1, 0.15) is 6.04 Å². The molecule has 4 amide bonds. The third kappa shape index (κ3) is 3.68. The third-order valence-corrected chi connectivity index (χ3v) is 5.86. The SMILES string of the molecule is O=C1CCC(N2C(=O)c3cccc(CNCC4(O)CCNCC4)c3C2=O)C(=O)N1. The second-order valence-electron chi connectivity index (χ2n) is 7.86. The van der Waals surface area contributed by atoms with Gasteiger partial charge in [-0.05, 0) is 44.0 Å². The van der Waals surface area contributed by atoms with Crippen LogP contribution < -0.4 is 16.0 Å². The van der Waals surface area contributed by atoms with Crippen LogP contribution in [0.2, 0.25) is 0 Å². The van der Waals surface area contributed by atoms with Crippen LogP contribution in [0.15, 0.2) is 18.2 Å². The fourth-order valence-corrected chi connectivity index (χ4v) is 4.23. The van der Waals surface area contributed by atoms with Crippen LogP contribution in [0.1, 0.15) is 52.0 Å². The summed E-state index contributed by atoms with van der Waals surface area (Å²) in [4.78, 5) is 50.4. The summed E-state index contributed by atoms with van der Waals surface area (Å²) in [5.41, 5.74) is 0.404. The molecule has 0 spiro atoms. The van der Waals surface area contributed by atoms with Crippen molar-refractivity contribution in [1.82, 2.24) is 20.9 Å². The minimum absolute atomic E-state index is 0.0890. The number of benzene rings is 1. The maximum atomic E-state index is 13.0. The zero-order chi connectivity index (χ0) is 20.6. The van der Waals surface area contributed by atoms with E-state index >= 15 is 0 Å². The van der Waals surface area contributed by atoms with E-state index in [2.05, 4.69) is 16.0 Å². The van der Waals surface area contributed by atoms with Crippen molar-refractivity contribution < 1.29 is 24.3 Å². The molecule has 0 aromatic heterocycles. The van der Waals surface area contributed by atoms with Crippen LogP contribution in [-0.2, 0) is 16.1 Å². The van der Waals surface area contributed by atoms with Gasteiger partial charge in [-0.1, -0.05) is 12.1 Å². The Balaban J connectivity index is 1.50. The van der Waals surface area contributed by atoms with Crippen LogP contribution >= 0.6 is 0 Å². The Morgan fingerprint density at radius 2 is 1.90 bits per heavy atom. The first-order valence-electron chi connectivity index (χ1n) is 9.87. The van der Waals surface area contributed by atoms with Gasteiger partial charge in [-0.25, -0.2) is 0 Å². The number of hydrogen-bond donors (Lipinski definition) is 4. The molecule has 0 bridgehead atoms. The number of fused-ring (bicyclic) bond motifs is 1. The average molecular weight is 400 g/mol. The van der Waals surface area contributed by atoms with Crippen molar-refractivity contribution in [3.63, 3.8) is 0 Å². The Morgan fingerprint density at radius 3 is 2.62 bits per heavy atom. The molecular weight excluding hydrogens is 376 g/mol. The maximum Gasteiger partial charge on any atom is 0.262 e. The van der Waals surface area contributed by atoms with Crippen LogP contribution in [0.4, 0.5) is 0 Å². The molecule has 29 heavy (non-hydrogen) atoms. The van der Waals surface area contributed by atoms with E-state index in [1.165, 1.54) is 0 Å². The molecule has 2 saturated heterocycles. The molecule has 3 heterocycles. The van der Waals surface area contributed by atoms with Crippen LogP contribution in [0.3, 0.4) is 0 Å². The van der Waals surface area contributed by atoms with E-state index < -0.39 is 35.3 Å². The van der Waals surface area contributed by atoms with Gasteiger partial charge in [0.15, 0.2) is 0 Å². The summed E-state index contributed by atoms with van der Waals surface area (Å²) in [7, 11) is 0. The van der Waals surface area contributed by atoms with Crippen molar-refractivity contribution in [1.29, 1.82) is 0 Å². The number of hydrogen-bond acceptors (Lipinski definition) is 7. The standard InChI is InChI=1S/C20H24N4O5/c25-15-5-4-14(17(26)23-15)24-18(27)13-3-1-2-12(16(13)19(24)28)10-22-11-20(29)6-8-21-9-7-20/h1-3,14,21-22,29H,4-11H2,(H,23,25,26). The van der Waals surface area contributed by atoms with E-state index in [0.29, 0.717) is 31.5 Å². The number of carbonyl (C=O) groups is 4. The highest BCUT2D eigenvalue weighted by Crippen LogP contribution is 2.30. The summed E-state index contributed by atoms with van der Waals surface area (Å²) in [6, 6.07) is 4.06. The number of amides is 4. The number of nitrogens with one attached hydrogen (secondary N) is 3. The molecule has 9 nitrogen and oxygen atoms in total. The largest absolute Gasteiger partial charge is 0.388 e. The second-order valence-corrected chi connectivity index (χ2v) is 7.86. The lowest BCUT2D eigenvalue weighted by atomic mass is 9.92. The topological polar surface area (TPSA) is 128 Å². The Labute approximate surface area is 167 Å². The molecule has 3 aliphatic rings. The minimum atomic E-state index is -0.976. The minimum Gasteiger partial charge on any atom is -0.388 e. The van der Waals surface area contributed by atoms with Gasteiger partial charge >= 0.3 is 0 Å². The quantitative estimate of drug-likeness (QED) is 0.481. The van der Waals surface area contributed by atoms with Gasteiger partial charge in [0, 0.05) is 19.5 Å². The molecule has 154 valence electrons. The lowest BCUT2D eigenvalue weighted by molar-refractivity contribution is -0.136. The molecule has 1 aromatic rings. The summed E-state index contributed by atoms with van der Waals surface area (Å²) in [5.74, 6) is -2.05. The summed E-state index contributed by atoms with van der Waals surface area (Å²) in [6.07, 6.45) is 1.51. The normalized spacial score (nSPS) is 23.9. The van der Waals surface area contributed by atoms with Gasteiger partial charge in [-0.15, -0.1) is 0 Å². The summed E-state index contributed by atoms with van der Waals surface area (Å²) >= 11 is 0. The van der Waals surface area contributed by atoms with Crippen LogP contribution in [-0.4, -0.2) is 64.9 Å². The monoisotopic (exact) mass is 400 g/mol. The number of rotatable bonds is 5. The number of imide groups is 2. The van der Waals surface area contributed by atoms with Crippen molar-refractivity contribution in [2.45, 2.75) is 43.9 Å². The Bertz CT molecular complexity index is 878. The first-order valence-corrected chi connectivity index (χ1v) is 9.87. The number of piperidine rings is 2. The van der Waals surface area contributed by atoms with Crippen molar-refractivity contribution >= 4 is 23.6 Å². The second kappa shape index (κ2) is 7.66. The van der Waals surface area contributed by atoms with Crippen LogP contribution in [0, 0.1) is 0 Å². The Kier molecular flexibility index (Phi) is 5.20. The molecular formula is C20H24N4O5. The molecule has 0 radical (unpaired) electrons. The molecule has 1 aromatic carbocycles. The molecule has 0 saturated carbocycles. The molecule has 0 aliphatic carbocycles. The van der Waals surface area contributed by atoms with Crippen molar-refractivity contribution in [2.24, 2.45) is 0 Å². The fourth-order valence-electron chi connectivity index (χ4n) is 4.23. The first-order chi connectivity index (χ1) is 13.9. The van der Waals surface area contributed by atoms with Gasteiger partial charge in [-0.2, -0.15) is 0 Å². The van der Waals surface area contributed by atoms with Crippen molar-refractivity contribution in [3.8, 4) is 0 Å². The van der Waals surface area contributed by atoms with Gasteiger partial charge < -0.3 is 15.7 Å². The molecule has 1 unspecified atom stereocenters. The zero-order valence-corrected chi connectivity index (χ0v) is 16.0. The zero-order valence-electron chi connectivity index (χ0n) is 16.0. The molecule has 2 fully saturated rings. The first kappa shape index (κ1) is 19.7. The third-order valence-electron chi connectivity index (χ3n) is 5.86. The summed E-state index contributed by atoms with van der Waals surface area (Å²) < 4.78 is 0. The highest BCUT2D eigenvalue weighted by Gasteiger charge is 2.45. The van der Waals surface area contributed by atoms with E-state index in [1.807, 2.05) is 0 Å². The van der Waals surface area contributed by atoms with Crippen LogP contribution in [0.5, 0.6) is 0 Å². The summed E-state index contributed by atoms with van der Waals surface area (Å²) in [6.45, 7) is 2.22. The van der Waals surface area contributed by atoms with E-state index in [0.717, 1.165) is 18.0 Å². The summed E-state index contributed by atoms with van der Waals surface area (Å²) in [5, 5.41) is 19.2. The molecule has 4 rings (SSSR count). The van der Waals surface area contributed by atoms with Gasteiger partial charge in [0.25, 0.3) is 11.8 Å². The predicted molar refractivity (Wildman–Crippen MR) is 102 cm³/mol. The highest BCUT2D eigenvalue weighted by molar-refractivity contribution is 6.24. The lowest BCUT2D eigenvalue weighted by Crippen LogP contribution is -2.54. The number of nitrogens with zero attached hydrogens (tertiary/aromatic N) is 1. The van der Waals surface area contributed by atoms with Crippen molar-refractivity contribution in [2.75, 3.05) is 19.6 Å². The van der Waals surface area contributed by atoms with Gasteiger partial charge in [0.2, 0.25) is 11.8 Å². The fraction of sp³-hybridized carbons (Fsp3) is 0.500. The van der Waals surface area contributed by atoms with E-state index in [4.69, 9.17) is 0 Å².